The van der Waals surface area contributed by atoms with Crippen LogP contribution >= 0.6 is 15.9 Å². The maximum atomic E-state index is 5.84. The molecule has 3 N–H and O–H groups in total. The highest BCUT2D eigenvalue weighted by Crippen LogP contribution is 2.49. The minimum atomic E-state index is -0.0587. The molecule has 2 atom stereocenters. The molecule has 4 heteroatoms. The number of hydrogen-bond acceptors (Lipinski definition) is 3. The Bertz CT molecular complexity index is 692. The molecule has 0 bridgehead atoms. The van der Waals surface area contributed by atoms with Crippen molar-refractivity contribution < 1.29 is 4.74 Å². The van der Waals surface area contributed by atoms with E-state index in [2.05, 4.69) is 69.8 Å². The van der Waals surface area contributed by atoms with Gasteiger partial charge in [0, 0.05) is 15.5 Å². The highest BCUT2D eigenvalue weighted by molar-refractivity contribution is 9.10. The van der Waals surface area contributed by atoms with Gasteiger partial charge < -0.3 is 15.8 Å². The Morgan fingerprint density at radius 2 is 2.04 bits per heavy atom. The highest BCUT2D eigenvalue weighted by atomic mass is 79.9. The summed E-state index contributed by atoms with van der Waals surface area (Å²) in [5.41, 5.74) is 8.43. The first-order valence-corrected chi connectivity index (χ1v) is 9.82. The number of hydrogen-bond donors (Lipinski definition) is 2. The van der Waals surface area contributed by atoms with Crippen LogP contribution in [0.25, 0.3) is 0 Å². The summed E-state index contributed by atoms with van der Waals surface area (Å²) in [6, 6.07) is 17.3. The zero-order chi connectivity index (χ0) is 17.7. The van der Waals surface area contributed by atoms with E-state index >= 15 is 0 Å². The van der Waals surface area contributed by atoms with Crippen molar-refractivity contribution in [3.05, 3.63) is 64.1 Å². The van der Waals surface area contributed by atoms with Crippen LogP contribution in [0.1, 0.15) is 30.4 Å². The summed E-state index contributed by atoms with van der Waals surface area (Å²) in [7, 11) is 1.77. The Kier molecular flexibility index (Phi) is 6.15. The minimum absolute atomic E-state index is 0.0587. The van der Waals surface area contributed by atoms with Gasteiger partial charge in [0.2, 0.25) is 0 Å². The maximum absolute atomic E-state index is 5.84. The molecule has 0 aliphatic carbocycles. The van der Waals surface area contributed by atoms with Crippen molar-refractivity contribution in [2.24, 2.45) is 11.7 Å². The number of benzene rings is 2. The van der Waals surface area contributed by atoms with Crippen LogP contribution in [-0.4, -0.2) is 26.7 Å². The number of halogens is 1. The molecule has 0 saturated carbocycles. The predicted molar refractivity (Wildman–Crippen MR) is 107 cm³/mol. The number of piperidine rings is 1. The fourth-order valence-corrected chi connectivity index (χ4v) is 4.67. The smallest absolute Gasteiger partial charge is 0.123 e. The molecule has 0 amide bonds. The first-order valence-electron chi connectivity index (χ1n) is 9.02. The Balaban J connectivity index is 2.20. The average molecular weight is 403 g/mol. The van der Waals surface area contributed by atoms with Gasteiger partial charge in [-0.25, -0.2) is 0 Å². The Hall–Kier alpha value is -1.36. The molecule has 134 valence electrons. The molecule has 1 heterocycles. The second-order valence-corrected chi connectivity index (χ2v) is 7.68. The van der Waals surface area contributed by atoms with Crippen molar-refractivity contribution in [1.29, 1.82) is 0 Å². The fraction of sp³-hybridized carbons (Fsp3) is 0.429. The van der Waals surface area contributed by atoms with Crippen molar-refractivity contribution in [2.45, 2.75) is 24.7 Å². The van der Waals surface area contributed by atoms with Crippen LogP contribution in [0.15, 0.2) is 53.0 Å². The molecular weight excluding hydrogens is 376 g/mol. The van der Waals surface area contributed by atoms with E-state index in [1.807, 2.05) is 0 Å². The minimum Gasteiger partial charge on any atom is -0.496 e. The van der Waals surface area contributed by atoms with Crippen molar-refractivity contribution in [1.82, 2.24) is 5.32 Å². The summed E-state index contributed by atoms with van der Waals surface area (Å²) in [6.07, 6.45) is 3.20. The zero-order valence-electron chi connectivity index (χ0n) is 14.8. The number of methoxy groups -OCH3 is 1. The molecule has 25 heavy (non-hydrogen) atoms. The highest BCUT2D eigenvalue weighted by Gasteiger charge is 2.44. The molecule has 2 unspecified atom stereocenters. The normalized spacial score (nSPS) is 23.4. The summed E-state index contributed by atoms with van der Waals surface area (Å²) in [5.74, 6) is 1.45. The van der Waals surface area contributed by atoms with Gasteiger partial charge in [-0.15, -0.1) is 0 Å². The van der Waals surface area contributed by atoms with E-state index in [1.54, 1.807) is 7.11 Å². The van der Waals surface area contributed by atoms with E-state index in [1.165, 1.54) is 11.1 Å². The lowest BCUT2D eigenvalue weighted by atomic mass is 9.61. The first kappa shape index (κ1) is 18.4. The van der Waals surface area contributed by atoms with E-state index in [4.69, 9.17) is 10.5 Å². The van der Waals surface area contributed by atoms with Crippen molar-refractivity contribution in [3.63, 3.8) is 0 Å². The van der Waals surface area contributed by atoms with Crippen molar-refractivity contribution in [3.8, 4) is 5.75 Å². The zero-order valence-corrected chi connectivity index (χ0v) is 16.4. The van der Waals surface area contributed by atoms with Gasteiger partial charge in [-0.2, -0.15) is 0 Å². The van der Waals surface area contributed by atoms with Crippen LogP contribution in [0, 0.1) is 5.92 Å². The largest absolute Gasteiger partial charge is 0.496 e. The van der Waals surface area contributed by atoms with Gasteiger partial charge in [0.1, 0.15) is 5.75 Å². The van der Waals surface area contributed by atoms with Gasteiger partial charge in [0.15, 0.2) is 0 Å². The van der Waals surface area contributed by atoms with Gasteiger partial charge in [-0.05, 0) is 68.6 Å². The van der Waals surface area contributed by atoms with E-state index in [0.717, 1.165) is 49.1 Å². The van der Waals surface area contributed by atoms with E-state index in [9.17, 15) is 0 Å². The summed E-state index contributed by atoms with van der Waals surface area (Å²) in [6.45, 7) is 2.74. The molecule has 0 radical (unpaired) electrons. The molecule has 1 saturated heterocycles. The lowest BCUT2D eigenvalue weighted by Gasteiger charge is -2.46. The SMILES string of the molecule is COc1ccc(Br)cc1C1(c2ccccc2)CCNCC1CCCN. The monoisotopic (exact) mass is 402 g/mol. The van der Waals surface area contributed by atoms with E-state index in [0.29, 0.717) is 5.92 Å². The third kappa shape index (κ3) is 3.62. The summed E-state index contributed by atoms with van der Waals surface area (Å²) in [4.78, 5) is 0. The number of ether oxygens (including phenoxy) is 1. The summed E-state index contributed by atoms with van der Waals surface area (Å²) >= 11 is 3.67. The molecule has 2 aromatic rings. The molecule has 1 aliphatic heterocycles. The Morgan fingerprint density at radius 3 is 2.76 bits per heavy atom. The van der Waals surface area contributed by atoms with Gasteiger partial charge in [-0.1, -0.05) is 46.3 Å². The van der Waals surface area contributed by atoms with E-state index < -0.39 is 0 Å². The van der Waals surface area contributed by atoms with Crippen LogP contribution in [-0.2, 0) is 5.41 Å². The topological polar surface area (TPSA) is 47.3 Å². The predicted octanol–water partition coefficient (Wildman–Crippen LogP) is 4.09. The number of nitrogens with one attached hydrogen (secondary N) is 1. The third-order valence-electron chi connectivity index (χ3n) is 5.47. The number of rotatable bonds is 6. The first-order chi connectivity index (χ1) is 12.2. The standard InChI is InChI=1S/C21H27BrN2O/c1-25-20-10-9-18(22)14-19(20)21(16-6-3-2-4-7-16)11-13-24-15-17(21)8-5-12-23/h2-4,6-7,9-10,14,17,24H,5,8,11-13,15,23H2,1H3. The Morgan fingerprint density at radius 1 is 1.24 bits per heavy atom. The van der Waals surface area contributed by atoms with Gasteiger partial charge >= 0.3 is 0 Å². The summed E-state index contributed by atoms with van der Waals surface area (Å²) in [5, 5.41) is 3.60. The molecule has 0 spiro atoms. The average Bonchev–Trinajstić information content (AvgIpc) is 2.67. The number of nitrogens with two attached hydrogens (primary N) is 1. The maximum Gasteiger partial charge on any atom is 0.123 e. The molecule has 3 rings (SSSR count). The van der Waals surface area contributed by atoms with Gasteiger partial charge in [-0.3, -0.25) is 0 Å². The molecular formula is C21H27BrN2O. The molecule has 0 aromatic heterocycles. The van der Waals surface area contributed by atoms with E-state index in [-0.39, 0.29) is 5.41 Å². The van der Waals surface area contributed by atoms with Gasteiger partial charge in [0.05, 0.1) is 7.11 Å². The van der Waals surface area contributed by atoms with Crippen molar-refractivity contribution in [2.75, 3.05) is 26.7 Å². The van der Waals surface area contributed by atoms with Crippen LogP contribution in [0.2, 0.25) is 0 Å². The van der Waals surface area contributed by atoms with Crippen LogP contribution in [0.4, 0.5) is 0 Å². The second kappa shape index (κ2) is 8.35. The van der Waals surface area contributed by atoms with Crippen LogP contribution in [0.3, 0.4) is 0 Å². The molecule has 3 nitrogen and oxygen atoms in total. The second-order valence-electron chi connectivity index (χ2n) is 6.76. The van der Waals surface area contributed by atoms with Crippen LogP contribution < -0.4 is 15.8 Å². The van der Waals surface area contributed by atoms with Crippen LogP contribution in [0.5, 0.6) is 5.75 Å². The molecule has 2 aromatic carbocycles. The van der Waals surface area contributed by atoms with Crippen molar-refractivity contribution >= 4 is 15.9 Å². The fourth-order valence-electron chi connectivity index (χ4n) is 4.31. The van der Waals surface area contributed by atoms with Gasteiger partial charge in [0.25, 0.3) is 0 Å². The molecule has 1 fully saturated rings. The molecule has 1 aliphatic rings. The lowest BCUT2D eigenvalue weighted by molar-refractivity contribution is 0.220. The third-order valence-corrected chi connectivity index (χ3v) is 5.96. The lowest BCUT2D eigenvalue weighted by Crippen LogP contribution is -2.49. The summed E-state index contributed by atoms with van der Waals surface area (Å²) < 4.78 is 6.88. The Labute approximate surface area is 159 Å². The quantitative estimate of drug-likeness (QED) is 0.764.